The third kappa shape index (κ3) is 5.08. The molecule has 2 rings (SSSR count). The van der Waals surface area contributed by atoms with Gasteiger partial charge in [-0.15, -0.1) is 0 Å². The van der Waals surface area contributed by atoms with Crippen molar-refractivity contribution in [3.63, 3.8) is 0 Å². The van der Waals surface area contributed by atoms with E-state index < -0.39 is 12.1 Å². The van der Waals surface area contributed by atoms with E-state index in [0.717, 1.165) is 5.56 Å². The smallest absolute Gasteiger partial charge is 0.339 e. The fourth-order valence-electron chi connectivity index (χ4n) is 2.85. The van der Waals surface area contributed by atoms with Crippen molar-refractivity contribution in [2.24, 2.45) is 0 Å². The Labute approximate surface area is 171 Å². The van der Waals surface area contributed by atoms with Crippen LogP contribution in [0.4, 0.5) is 0 Å². The van der Waals surface area contributed by atoms with Crippen LogP contribution in [0.25, 0.3) is 0 Å². The highest BCUT2D eigenvalue weighted by Gasteiger charge is 2.23. The molecular formula is C23H28O6. The Morgan fingerprint density at radius 1 is 0.828 bits per heavy atom. The van der Waals surface area contributed by atoms with Gasteiger partial charge in [-0.3, -0.25) is 4.79 Å². The molecule has 6 nitrogen and oxygen atoms in total. The molecule has 2 aromatic carbocycles. The van der Waals surface area contributed by atoms with Crippen molar-refractivity contribution in [1.82, 2.24) is 0 Å². The number of ether oxygens (including phenoxy) is 4. The van der Waals surface area contributed by atoms with Crippen LogP contribution in [0.15, 0.2) is 36.4 Å². The van der Waals surface area contributed by atoms with Crippen LogP contribution in [0.3, 0.4) is 0 Å². The average molecular weight is 400 g/mol. The predicted octanol–water partition coefficient (Wildman–Crippen LogP) is 4.44. The van der Waals surface area contributed by atoms with Gasteiger partial charge in [0.2, 0.25) is 11.5 Å². The minimum absolute atomic E-state index is 0.00780. The highest BCUT2D eigenvalue weighted by molar-refractivity contribution is 6.01. The Hall–Kier alpha value is -3.02. The summed E-state index contributed by atoms with van der Waals surface area (Å²) in [7, 11) is 4.39. The van der Waals surface area contributed by atoms with Gasteiger partial charge in [-0.25, -0.2) is 4.79 Å². The first-order valence-corrected chi connectivity index (χ1v) is 9.28. The van der Waals surface area contributed by atoms with Crippen molar-refractivity contribution in [2.75, 3.05) is 21.3 Å². The van der Waals surface area contributed by atoms with Gasteiger partial charge in [0, 0.05) is 5.56 Å². The summed E-state index contributed by atoms with van der Waals surface area (Å²) in [6.45, 7) is 7.86. The quantitative estimate of drug-likeness (QED) is 0.505. The lowest BCUT2D eigenvalue weighted by atomic mass is 9.86. The zero-order chi connectivity index (χ0) is 21.8. The summed E-state index contributed by atoms with van der Waals surface area (Å²) in [5.41, 5.74) is 1.80. The van der Waals surface area contributed by atoms with Crippen LogP contribution in [0.5, 0.6) is 17.2 Å². The Bertz CT molecular complexity index is 852. The van der Waals surface area contributed by atoms with Crippen LogP contribution < -0.4 is 14.2 Å². The Morgan fingerprint density at radius 2 is 1.34 bits per heavy atom. The number of benzene rings is 2. The second-order valence-electron chi connectivity index (χ2n) is 7.65. The van der Waals surface area contributed by atoms with Crippen molar-refractivity contribution in [3.8, 4) is 17.2 Å². The first-order valence-electron chi connectivity index (χ1n) is 9.28. The standard InChI is InChI=1S/C23H28O6/c1-14(20(24)15-8-10-17(11-9-15)23(2,3)4)29-22(25)16-12-18(26-5)21(28-7)19(13-16)27-6/h8-14H,1-7H3/t14-/m0/s1. The van der Waals surface area contributed by atoms with Crippen LogP contribution in [0.1, 0.15) is 54.0 Å². The molecule has 1 atom stereocenters. The zero-order valence-electron chi connectivity index (χ0n) is 18.0. The van der Waals surface area contributed by atoms with Gasteiger partial charge in [-0.1, -0.05) is 45.0 Å². The molecule has 0 radical (unpaired) electrons. The number of rotatable bonds is 7. The summed E-state index contributed by atoms with van der Waals surface area (Å²) >= 11 is 0. The molecule has 0 fully saturated rings. The molecule has 0 amide bonds. The largest absolute Gasteiger partial charge is 0.493 e. The van der Waals surface area contributed by atoms with E-state index in [2.05, 4.69) is 20.8 Å². The van der Waals surface area contributed by atoms with E-state index in [-0.39, 0.29) is 16.8 Å². The van der Waals surface area contributed by atoms with Crippen molar-refractivity contribution in [3.05, 3.63) is 53.1 Å². The molecule has 0 heterocycles. The number of carbonyl (C=O) groups excluding carboxylic acids is 2. The number of hydrogen-bond donors (Lipinski definition) is 0. The highest BCUT2D eigenvalue weighted by atomic mass is 16.5. The topological polar surface area (TPSA) is 71.1 Å². The van der Waals surface area contributed by atoms with Gasteiger partial charge in [0.1, 0.15) is 0 Å². The van der Waals surface area contributed by atoms with Crippen LogP contribution in [-0.4, -0.2) is 39.2 Å². The van der Waals surface area contributed by atoms with Crippen LogP contribution in [0, 0.1) is 0 Å². The fourth-order valence-corrected chi connectivity index (χ4v) is 2.85. The molecule has 0 saturated carbocycles. The molecule has 156 valence electrons. The molecule has 0 spiro atoms. The molecule has 0 N–H and O–H groups in total. The number of esters is 1. The summed E-state index contributed by atoms with van der Waals surface area (Å²) in [5.74, 6) is 0.100. The third-order valence-electron chi connectivity index (χ3n) is 4.59. The van der Waals surface area contributed by atoms with Crippen molar-refractivity contribution in [2.45, 2.75) is 39.2 Å². The number of ketones is 1. The van der Waals surface area contributed by atoms with Crippen molar-refractivity contribution in [1.29, 1.82) is 0 Å². The van der Waals surface area contributed by atoms with E-state index in [1.165, 1.54) is 33.5 Å². The fraction of sp³-hybridized carbons (Fsp3) is 0.391. The number of Topliss-reactive ketones (excluding diaryl/α,β-unsaturated/α-hetero) is 1. The zero-order valence-corrected chi connectivity index (χ0v) is 18.0. The Kier molecular flexibility index (Phi) is 6.90. The van der Waals surface area contributed by atoms with E-state index in [4.69, 9.17) is 18.9 Å². The molecule has 0 aliphatic heterocycles. The normalized spacial score (nSPS) is 12.1. The lowest BCUT2D eigenvalue weighted by Crippen LogP contribution is -2.24. The lowest BCUT2D eigenvalue weighted by molar-refractivity contribution is 0.0318. The predicted molar refractivity (Wildman–Crippen MR) is 110 cm³/mol. The minimum atomic E-state index is -0.943. The first kappa shape index (κ1) is 22.3. The van der Waals surface area contributed by atoms with Gasteiger partial charge in [0.15, 0.2) is 17.6 Å². The molecule has 29 heavy (non-hydrogen) atoms. The molecule has 0 aliphatic carbocycles. The molecule has 0 aliphatic rings. The Morgan fingerprint density at radius 3 is 1.76 bits per heavy atom. The van der Waals surface area contributed by atoms with Crippen LogP contribution in [0.2, 0.25) is 0 Å². The second kappa shape index (κ2) is 8.99. The first-order chi connectivity index (χ1) is 13.6. The molecule has 0 aromatic heterocycles. The van der Waals surface area contributed by atoms with Crippen LogP contribution in [-0.2, 0) is 10.2 Å². The molecule has 0 unspecified atom stereocenters. The summed E-state index contributed by atoms with van der Waals surface area (Å²) < 4.78 is 21.1. The molecule has 2 aromatic rings. The average Bonchev–Trinajstić information content (AvgIpc) is 2.71. The molecular weight excluding hydrogens is 372 g/mol. The molecule has 0 saturated heterocycles. The molecule has 0 bridgehead atoms. The van der Waals surface area contributed by atoms with Gasteiger partial charge < -0.3 is 18.9 Å². The minimum Gasteiger partial charge on any atom is -0.493 e. The third-order valence-corrected chi connectivity index (χ3v) is 4.59. The van der Waals surface area contributed by atoms with E-state index in [9.17, 15) is 9.59 Å². The summed E-state index contributed by atoms with van der Waals surface area (Å²) in [4.78, 5) is 25.3. The maximum atomic E-state index is 12.7. The maximum Gasteiger partial charge on any atom is 0.339 e. The second-order valence-corrected chi connectivity index (χ2v) is 7.65. The van der Waals surface area contributed by atoms with Gasteiger partial charge in [0.25, 0.3) is 0 Å². The van der Waals surface area contributed by atoms with Crippen molar-refractivity contribution < 1.29 is 28.5 Å². The monoisotopic (exact) mass is 400 g/mol. The van der Waals surface area contributed by atoms with E-state index in [1.54, 1.807) is 19.1 Å². The highest BCUT2D eigenvalue weighted by Crippen LogP contribution is 2.38. The number of carbonyl (C=O) groups is 2. The van der Waals surface area contributed by atoms with Crippen molar-refractivity contribution >= 4 is 11.8 Å². The molecule has 6 heteroatoms. The SMILES string of the molecule is COc1cc(C(=O)O[C@@H](C)C(=O)c2ccc(C(C)(C)C)cc2)cc(OC)c1OC. The summed E-state index contributed by atoms with van der Waals surface area (Å²) in [6.07, 6.45) is -0.943. The Balaban J connectivity index is 2.19. The van der Waals surface area contributed by atoms with E-state index >= 15 is 0 Å². The summed E-state index contributed by atoms with van der Waals surface area (Å²) in [6, 6.07) is 10.3. The number of hydrogen-bond acceptors (Lipinski definition) is 6. The van der Waals surface area contributed by atoms with E-state index in [0.29, 0.717) is 22.8 Å². The van der Waals surface area contributed by atoms with Gasteiger partial charge in [-0.2, -0.15) is 0 Å². The van der Waals surface area contributed by atoms with Crippen LogP contribution >= 0.6 is 0 Å². The lowest BCUT2D eigenvalue weighted by Gasteiger charge is -2.19. The van der Waals surface area contributed by atoms with Gasteiger partial charge in [0.05, 0.1) is 26.9 Å². The maximum absolute atomic E-state index is 12.7. The number of methoxy groups -OCH3 is 3. The van der Waals surface area contributed by atoms with E-state index in [1.807, 2.05) is 12.1 Å². The van der Waals surface area contributed by atoms with Gasteiger partial charge in [-0.05, 0) is 30.0 Å². The summed E-state index contributed by atoms with van der Waals surface area (Å²) in [5, 5.41) is 0. The van der Waals surface area contributed by atoms with Gasteiger partial charge >= 0.3 is 5.97 Å².